The van der Waals surface area contributed by atoms with Crippen molar-refractivity contribution in [1.82, 2.24) is 4.90 Å². The number of hydrazone groups is 1. The number of nitro benzene ring substituents is 1. The molecule has 0 saturated carbocycles. The molecule has 0 spiro atoms. The molecule has 0 aliphatic carbocycles. The van der Waals surface area contributed by atoms with Crippen LogP contribution in [0.1, 0.15) is 16.7 Å². The van der Waals surface area contributed by atoms with Crippen molar-refractivity contribution in [2.75, 3.05) is 5.01 Å². The second-order valence-electron chi connectivity index (χ2n) is 6.22. The van der Waals surface area contributed by atoms with Crippen LogP contribution >= 0.6 is 0 Å². The maximum Gasteiger partial charge on any atom is 0.416 e. The number of halogens is 3. The smallest absolute Gasteiger partial charge is 0.329 e. The summed E-state index contributed by atoms with van der Waals surface area (Å²) in [5.41, 5.74) is 0.444. The van der Waals surface area contributed by atoms with E-state index < -0.39 is 22.8 Å². The van der Waals surface area contributed by atoms with Gasteiger partial charge in [0.2, 0.25) is 0 Å². The number of nitrogens with zero attached hydrogens (tertiary/aromatic N) is 4. The van der Waals surface area contributed by atoms with Crippen LogP contribution in [0.3, 0.4) is 0 Å². The van der Waals surface area contributed by atoms with Crippen molar-refractivity contribution in [3.8, 4) is 0 Å². The zero-order valence-corrected chi connectivity index (χ0v) is 14.6. The van der Waals surface area contributed by atoms with Crippen molar-refractivity contribution in [3.05, 3.63) is 69.3 Å². The van der Waals surface area contributed by atoms with Crippen LogP contribution in [-0.2, 0) is 17.5 Å². The number of anilines is 1. The second kappa shape index (κ2) is 7.29. The fraction of sp³-hybridized carbons (Fsp3) is 0.222. The molecule has 0 N–H and O–H groups in total. The molecule has 0 aromatic heterocycles. The number of hydrogen-bond acceptors (Lipinski definition) is 6. The Morgan fingerprint density at radius 2 is 2.00 bits per heavy atom. The van der Waals surface area contributed by atoms with E-state index in [1.165, 1.54) is 34.4 Å². The molecule has 1 unspecified atom stereocenters. The number of benzene rings is 2. The van der Waals surface area contributed by atoms with Gasteiger partial charge in [0.15, 0.2) is 12.5 Å². The highest BCUT2D eigenvalue weighted by molar-refractivity contribution is 5.76. The topological polar surface area (TPSA) is 79.0 Å². The van der Waals surface area contributed by atoms with Gasteiger partial charge in [-0.15, -0.1) is 0 Å². The molecule has 0 bridgehead atoms. The fourth-order valence-corrected chi connectivity index (χ4v) is 2.94. The summed E-state index contributed by atoms with van der Waals surface area (Å²) in [5.74, 6) is 0. The third-order valence-corrected chi connectivity index (χ3v) is 4.30. The highest BCUT2D eigenvalue weighted by Gasteiger charge is 2.33. The Hall–Kier alpha value is -3.43. The Labute approximate surface area is 157 Å². The third kappa shape index (κ3) is 3.80. The third-order valence-electron chi connectivity index (χ3n) is 4.30. The summed E-state index contributed by atoms with van der Waals surface area (Å²) in [4.78, 5) is 23.6. The van der Waals surface area contributed by atoms with Crippen LogP contribution in [0.2, 0.25) is 0 Å². The average molecular weight is 392 g/mol. The first kappa shape index (κ1) is 19.3. The van der Waals surface area contributed by atoms with Crippen LogP contribution in [0.15, 0.2) is 47.6 Å². The quantitative estimate of drug-likeness (QED) is 0.440. The van der Waals surface area contributed by atoms with Gasteiger partial charge in [0, 0.05) is 18.2 Å². The van der Waals surface area contributed by atoms with Crippen LogP contribution in [0.25, 0.3) is 0 Å². The van der Waals surface area contributed by atoms with E-state index in [1.54, 1.807) is 19.1 Å². The Morgan fingerprint density at radius 3 is 2.61 bits per heavy atom. The van der Waals surface area contributed by atoms with Gasteiger partial charge < -0.3 is 4.90 Å². The summed E-state index contributed by atoms with van der Waals surface area (Å²) < 4.78 is 38.8. The highest BCUT2D eigenvalue weighted by Crippen LogP contribution is 2.33. The number of carbonyl (C=O) groups is 1. The number of aryl methyl sites for hydroxylation is 1. The molecule has 2 aromatic rings. The fourth-order valence-electron chi connectivity index (χ4n) is 2.94. The normalized spacial score (nSPS) is 16.5. The molecular formula is C18H15F3N4O3. The van der Waals surface area contributed by atoms with Gasteiger partial charge in [0.1, 0.15) is 6.34 Å². The van der Waals surface area contributed by atoms with Gasteiger partial charge in [-0.1, -0.05) is 12.1 Å². The molecular weight excluding hydrogens is 377 g/mol. The van der Waals surface area contributed by atoms with Crippen LogP contribution in [0, 0.1) is 17.0 Å². The lowest BCUT2D eigenvalue weighted by atomic mass is 10.1. The van der Waals surface area contributed by atoms with Crippen LogP contribution in [0.5, 0.6) is 0 Å². The number of hydrogen-bond donors (Lipinski definition) is 0. The van der Waals surface area contributed by atoms with E-state index in [-0.39, 0.29) is 17.9 Å². The standard InChI is InChI=1S/C18H15F3N4O3/c1-12-7-13(5-6-16(12)25(27)28)9-23-11-22-24(17(23)10-26)15-4-2-3-14(8-15)18(19,20)21/h2-8,10-11,17H,9H2,1H3. The molecule has 1 heterocycles. The minimum absolute atomic E-state index is 0.0173. The molecule has 0 radical (unpaired) electrons. The molecule has 0 saturated heterocycles. The molecule has 10 heteroatoms. The maximum absolute atomic E-state index is 12.9. The van der Waals surface area contributed by atoms with Gasteiger partial charge in [-0.3, -0.25) is 14.9 Å². The molecule has 0 fully saturated rings. The van der Waals surface area contributed by atoms with Gasteiger partial charge in [0.25, 0.3) is 5.69 Å². The van der Waals surface area contributed by atoms with E-state index in [0.717, 1.165) is 12.1 Å². The SMILES string of the molecule is Cc1cc(CN2C=NN(c3cccc(C(F)(F)F)c3)C2C=O)ccc1[N+](=O)[O-]. The zero-order valence-electron chi connectivity index (χ0n) is 14.6. The summed E-state index contributed by atoms with van der Waals surface area (Å²) in [7, 11) is 0. The molecule has 146 valence electrons. The number of nitro groups is 1. The molecule has 28 heavy (non-hydrogen) atoms. The van der Waals surface area contributed by atoms with Crippen molar-refractivity contribution < 1.29 is 22.9 Å². The first-order valence-electron chi connectivity index (χ1n) is 8.16. The lowest BCUT2D eigenvalue weighted by Crippen LogP contribution is -2.40. The summed E-state index contributed by atoms with van der Waals surface area (Å²) in [6.45, 7) is 1.81. The number of alkyl halides is 3. The minimum atomic E-state index is -4.51. The maximum atomic E-state index is 12.9. The molecule has 7 nitrogen and oxygen atoms in total. The van der Waals surface area contributed by atoms with Crippen molar-refractivity contribution >= 4 is 24.0 Å². The number of aldehydes is 1. The van der Waals surface area contributed by atoms with Gasteiger partial charge >= 0.3 is 6.18 Å². The van der Waals surface area contributed by atoms with Crippen LogP contribution in [-0.4, -0.2) is 28.6 Å². The lowest BCUT2D eigenvalue weighted by molar-refractivity contribution is -0.385. The van der Waals surface area contributed by atoms with Gasteiger partial charge in [-0.2, -0.15) is 18.3 Å². The van der Waals surface area contributed by atoms with E-state index in [2.05, 4.69) is 5.10 Å². The van der Waals surface area contributed by atoms with E-state index in [0.29, 0.717) is 17.4 Å². The van der Waals surface area contributed by atoms with Crippen molar-refractivity contribution in [2.24, 2.45) is 5.10 Å². The van der Waals surface area contributed by atoms with Gasteiger partial charge in [0.05, 0.1) is 16.2 Å². The molecule has 0 amide bonds. The molecule has 1 atom stereocenters. The van der Waals surface area contributed by atoms with E-state index in [4.69, 9.17) is 0 Å². The Kier molecular flexibility index (Phi) is 5.04. The number of carbonyl (C=O) groups excluding carboxylic acids is 1. The monoisotopic (exact) mass is 392 g/mol. The summed E-state index contributed by atoms with van der Waals surface area (Å²) in [5, 5.41) is 16.2. The van der Waals surface area contributed by atoms with Crippen molar-refractivity contribution in [2.45, 2.75) is 25.8 Å². The summed E-state index contributed by atoms with van der Waals surface area (Å²) in [6.07, 6.45) is -3.51. The van der Waals surface area contributed by atoms with Crippen molar-refractivity contribution in [1.29, 1.82) is 0 Å². The predicted molar refractivity (Wildman–Crippen MR) is 95.6 cm³/mol. The largest absolute Gasteiger partial charge is 0.416 e. The Bertz CT molecular complexity index is 946. The van der Waals surface area contributed by atoms with Gasteiger partial charge in [-0.25, -0.2) is 5.01 Å². The van der Waals surface area contributed by atoms with Crippen molar-refractivity contribution in [3.63, 3.8) is 0 Å². The second-order valence-corrected chi connectivity index (χ2v) is 6.22. The first-order valence-corrected chi connectivity index (χ1v) is 8.16. The summed E-state index contributed by atoms with van der Waals surface area (Å²) >= 11 is 0. The Balaban J connectivity index is 1.82. The van der Waals surface area contributed by atoms with E-state index in [1.807, 2.05) is 0 Å². The highest BCUT2D eigenvalue weighted by atomic mass is 19.4. The van der Waals surface area contributed by atoms with Gasteiger partial charge in [-0.05, 0) is 36.8 Å². The Morgan fingerprint density at radius 1 is 1.25 bits per heavy atom. The molecule has 1 aliphatic rings. The minimum Gasteiger partial charge on any atom is -0.329 e. The van der Waals surface area contributed by atoms with E-state index in [9.17, 15) is 28.1 Å². The lowest BCUT2D eigenvalue weighted by Gasteiger charge is -2.26. The molecule has 1 aliphatic heterocycles. The van der Waals surface area contributed by atoms with Crippen LogP contribution in [0.4, 0.5) is 24.5 Å². The predicted octanol–water partition coefficient (Wildman–Crippen LogP) is 3.71. The zero-order chi connectivity index (χ0) is 20.5. The van der Waals surface area contributed by atoms with Crippen LogP contribution < -0.4 is 5.01 Å². The first-order chi connectivity index (χ1) is 13.2. The molecule has 3 rings (SSSR count). The van der Waals surface area contributed by atoms with E-state index >= 15 is 0 Å². The average Bonchev–Trinajstić information content (AvgIpc) is 3.03. The molecule has 2 aromatic carbocycles. The summed E-state index contributed by atoms with van der Waals surface area (Å²) in [6, 6.07) is 9.11. The number of rotatable bonds is 5.